The Morgan fingerprint density at radius 3 is 2.29 bits per heavy atom. The molecule has 0 fully saturated rings. The first kappa shape index (κ1) is 21.6. The third-order valence-electron chi connectivity index (χ3n) is 3.81. The molecule has 0 heterocycles. The van der Waals surface area contributed by atoms with Crippen molar-refractivity contribution in [2.75, 3.05) is 11.3 Å². The van der Waals surface area contributed by atoms with E-state index in [0.717, 1.165) is 25.8 Å². The fourth-order valence-corrected chi connectivity index (χ4v) is 3.52. The van der Waals surface area contributed by atoms with Crippen molar-refractivity contribution in [3.63, 3.8) is 0 Å². The summed E-state index contributed by atoms with van der Waals surface area (Å²) in [6, 6.07) is 14.2. The van der Waals surface area contributed by atoms with Crippen LogP contribution in [0.1, 0.15) is 36.5 Å². The van der Waals surface area contributed by atoms with Gasteiger partial charge >= 0.3 is 0 Å². The number of nitrogens with one attached hydrogen (secondary N) is 4. The molecule has 2 aromatic carbocycles. The summed E-state index contributed by atoms with van der Waals surface area (Å²) in [5, 5.41) is 3.32. The Balaban J connectivity index is 1.89. The van der Waals surface area contributed by atoms with E-state index in [0.29, 0.717) is 16.4 Å². The summed E-state index contributed by atoms with van der Waals surface area (Å²) in [7, 11) is -3.72. The maximum Gasteiger partial charge on any atom is 0.269 e. The highest BCUT2D eigenvalue weighted by molar-refractivity contribution is 7.92. The molecule has 0 bridgehead atoms. The number of unbranched alkanes of at least 4 members (excludes halogenated alkanes) is 2. The third-order valence-corrected chi connectivity index (χ3v) is 5.45. The van der Waals surface area contributed by atoms with E-state index in [2.05, 4.69) is 27.8 Å². The van der Waals surface area contributed by atoms with E-state index in [1.807, 2.05) is 0 Å². The van der Waals surface area contributed by atoms with Gasteiger partial charge in [-0.05, 0) is 55.0 Å². The molecule has 7 nitrogen and oxygen atoms in total. The van der Waals surface area contributed by atoms with Gasteiger partial charge in [0.2, 0.25) is 0 Å². The number of hydrogen-bond donors (Lipinski definition) is 4. The van der Waals surface area contributed by atoms with Gasteiger partial charge in [0.25, 0.3) is 15.9 Å². The molecular formula is C19H24N4O3S2. The maximum absolute atomic E-state index is 12.4. The van der Waals surface area contributed by atoms with Gasteiger partial charge in [0.05, 0.1) is 4.90 Å². The number of benzene rings is 2. The highest BCUT2D eigenvalue weighted by Gasteiger charge is 2.15. The number of sulfonamides is 1. The van der Waals surface area contributed by atoms with Crippen LogP contribution in [0.3, 0.4) is 0 Å². The summed E-state index contributed by atoms with van der Waals surface area (Å²) in [5.41, 5.74) is 5.88. The Morgan fingerprint density at radius 1 is 0.964 bits per heavy atom. The molecule has 4 N–H and O–H groups in total. The summed E-state index contributed by atoms with van der Waals surface area (Å²) < 4.78 is 27.3. The van der Waals surface area contributed by atoms with Crippen LogP contribution in [0.5, 0.6) is 0 Å². The second-order valence-electron chi connectivity index (χ2n) is 6.04. The van der Waals surface area contributed by atoms with Gasteiger partial charge in [0.15, 0.2) is 5.11 Å². The van der Waals surface area contributed by atoms with Crippen LogP contribution in [-0.2, 0) is 10.0 Å². The number of hydrogen-bond acceptors (Lipinski definition) is 4. The predicted octanol–water partition coefficient (Wildman–Crippen LogP) is 2.79. The molecule has 0 saturated carbocycles. The normalized spacial score (nSPS) is 10.8. The second-order valence-corrected chi connectivity index (χ2v) is 8.13. The zero-order valence-corrected chi connectivity index (χ0v) is 17.2. The number of thiocarbonyl (C=S) groups is 1. The van der Waals surface area contributed by atoms with E-state index in [-0.39, 0.29) is 4.90 Å². The van der Waals surface area contributed by atoms with Crippen LogP contribution in [0.2, 0.25) is 0 Å². The molecule has 28 heavy (non-hydrogen) atoms. The van der Waals surface area contributed by atoms with Crippen molar-refractivity contribution in [3.8, 4) is 0 Å². The van der Waals surface area contributed by atoms with Crippen molar-refractivity contribution in [3.05, 3.63) is 60.2 Å². The Bertz CT molecular complexity index is 885. The SMILES string of the molecule is CCCCCNC(=S)NNC(=O)c1ccc(S(=O)(=O)Nc2ccccc2)cc1. The molecular weight excluding hydrogens is 396 g/mol. The molecule has 150 valence electrons. The number of carbonyl (C=O) groups is 1. The van der Waals surface area contributed by atoms with E-state index < -0.39 is 15.9 Å². The molecule has 0 radical (unpaired) electrons. The van der Waals surface area contributed by atoms with Crippen LogP contribution in [0, 0.1) is 0 Å². The first-order valence-corrected chi connectivity index (χ1v) is 10.8. The van der Waals surface area contributed by atoms with Crippen molar-refractivity contribution in [1.82, 2.24) is 16.2 Å². The van der Waals surface area contributed by atoms with Gasteiger partial charge in [0, 0.05) is 17.8 Å². The summed E-state index contributed by atoms with van der Waals surface area (Å²) in [6.45, 7) is 2.85. The van der Waals surface area contributed by atoms with Crippen molar-refractivity contribution in [2.24, 2.45) is 0 Å². The quantitative estimate of drug-likeness (QED) is 0.298. The Labute approximate surface area is 170 Å². The van der Waals surface area contributed by atoms with Gasteiger partial charge in [-0.1, -0.05) is 38.0 Å². The van der Waals surface area contributed by atoms with Crippen molar-refractivity contribution >= 4 is 38.9 Å². The Kier molecular flexibility index (Phi) is 8.21. The fraction of sp³-hybridized carbons (Fsp3) is 0.263. The Morgan fingerprint density at radius 2 is 1.64 bits per heavy atom. The number of hydrazine groups is 1. The van der Waals surface area contributed by atoms with Crippen LogP contribution in [0.4, 0.5) is 5.69 Å². The van der Waals surface area contributed by atoms with Gasteiger partial charge < -0.3 is 5.32 Å². The smallest absolute Gasteiger partial charge is 0.269 e. The van der Waals surface area contributed by atoms with Crippen LogP contribution in [0.25, 0.3) is 0 Å². The number of para-hydroxylation sites is 1. The minimum atomic E-state index is -3.72. The molecule has 0 aliphatic rings. The van der Waals surface area contributed by atoms with Crippen LogP contribution in [-0.4, -0.2) is 26.0 Å². The average Bonchev–Trinajstić information content (AvgIpc) is 2.70. The fourth-order valence-electron chi connectivity index (χ4n) is 2.31. The molecule has 0 unspecified atom stereocenters. The van der Waals surface area contributed by atoms with E-state index in [1.165, 1.54) is 24.3 Å². The zero-order valence-electron chi connectivity index (χ0n) is 15.6. The van der Waals surface area contributed by atoms with Gasteiger partial charge in [-0.3, -0.25) is 20.4 Å². The second kappa shape index (κ2) is 10.6. The number of amides is 1. The zero-order chi connectivity index (χ0) is 20.4. The summed E-state index contributed by atoms with van der Waals surface area (Å²) in [6.07, 6.45) is 3.22. The molecule has 0 atom stereocenters. The van der Waals surface area contributed by atoms with E-state index in [4.69, 9.17) is 12.2 Å². The van der Waals surface area contributed by atoms with Gasteiger partial charge in [0.1, 0.15) is 0 Å². The monoisotopic (exact) mass is 420 g/mol. The summed E-state index contributed by atoms with van der Waals surface area (Å²) >= 11 is 5.08. The third kappa shape index (κ3) is 6.82. The van der Waals surface area contributed by atoms with Crippen LogP contribution < -0.4 is 20.9 Å². The van der Waals surface area contributed by atoms with Crippen molar-refractivity contribution < 1.29 is 13.2 Å². The van der Waals surface area contributed by atoms with E-state index in [9.17, 15) is 13.2 Å². The van der Waals surface area contributed by atoms with Crippen LogP contribution in [0.15, 0.2) is 59.5 Å². The molecule has 0 saturated heterocycles. The first-order chi connectivity index (χ1) is 13.4. The minimum Gasteiger partial charge on any atom is -0.361 e. The number of anilines is 1. The molecule has 0 spiro atoms. The topological polar surface area (TPSA) is 99.3 Å². The molecule has 9 heteroatoms. The highest BCUT2D eigenvalue weighted by Crippen LogP contribution is 2.16. The lowest BCUT2D eigenvalue weighted by molar-refractivity contribution is 0.0943. The van der Waals surface area contributed by atoms with E-state index >= 15 is 0 Å². The summed E-state index contributed by atoms with van der Waals surface area (Å²) in [5.74, 6) is -0.419. The molecule has 2 aromatic rings. The predicted molar refractivity (Wildman–Crippen MR) is 114 cm³/mol. The lowest BCUT2D eigenvalue weighted by atomic mass is 10.2. The minimum absolute atomic E-state index is 0.0639. The molecule has 0 aromatic heterocycles. The van der Waals surface area contributed by atoms with Gasteiger partial charge in [-0.2, -0.15) is 0 Å². The standard InChI is InChI=1S/C19H24N4O3S2/c1-2-3-7-14-20-19(27)22-21-18(24)15-10-12-17(13-11-15)28(25,26)23-16-8-5-4-6-9-16/h4-6,8-13,23H,2-3,7,14H2,1H3,(H,21,24)(H2,20,22,27). The molecule has 2 rings (SSSR count). The van der Waals surface area contributed by atoms with Crippen molar-refractivity contribution in [1.29, 1.82) is 0 Å². The van der Waals surface area contributed by atoms with Crippen molar-refractivity contribution in [2.45, 2.75) is 31.1 Å². The molecule has 0 aliphatic carbocycles. The highest BCUT2D eigenvalue weighted by atomic mass is 32.2. The van der Waals surface area contributed by atoms with Crippen LogP contribution >= 0.6 is 12.2 Å². The molecule has 0 aliphatic heterocycles. The van der Waals surface area contributed by atoms with Gasteiger partial charge in [-0.15, -0.1) is 0 Å². The lowest BCUT2D eigenvalue weighted by Crippen LogP contribution is -2.46. The largest absolute Gasteiger partial charge is 0.361 e. The van der Waals surface area contributed by atoms with E-state index in [1.54, 1.807) is 30.3 Å². The maximum atomic E-state index is 12.4. The average molecular weight is 421 g/mol. The first-order valence-electron chi connectivity index (χ1n) is 8.94. The summed E-state index contributed by atoms with van der Waals surface area (Å²) in [4.78, 5) is 12.2. The Hall–Kier alpha value is -2.65. The molecule has 1 amide bonds. The van der Waals surface area contributed by atoms with Gasteiger partial charge in [-0.25, -0.2) is 8.42 Å². The number of carbonyl (C=O) groups excluding carboxylic acids is 1. The lowest BCUT2D eigenvalue weighted by Gasteiger charge is -2.12. The number of rotatable bonds is 8.